The van der Waals surface area contributed by atoms with E-state index in [1.165, 1.54) is 0 Å². The second-order valence-electron chi connectivity index (χ2n) is 4.31. The Kier molecular flexibility index (Phi) is 3.52. The first-order valence-corrected chi connectivity index (χ1v) is 6.82. The highest BCUT2D eigenvalue weighted by molar-refractivity contribution is 6.34. The third-order valence-electron chi connectivity index (χ3n) is 3.08. The molecule has 0 radical (unpaired) electrons. The van der Waals surface area contributed by atoms with Gasteiger partial charge < -0.3 is 4.74 Å². The minimum Gasteiger partial charge on any atom is -0.493 e. The third-order valence-corrected chi connectivity index (χ3v) is 3.36. The molecule has 0 amide bonds. The largest absolute Gasteiger partial charge is 0.493 e. The topological polar surface area (TPSA) is 35.0 Å². The van der Waals surface area contributed by atoms with Gasteiger partial charge in [-0.3, -0.25) is 0 Å². The van der Waals surface area contributed by atoms with Gasteiger partial charge >= 0.3 is 0 Å². The predicted molar refractivity (Wildman–Crippen MR) is 81.2 cm³/mol. The molecule has 0 N–H and O–H groups in total. The maximum atomic E-state index is 6.11. The molecule has 4 heteroatoms. The third kappa shape index (κ3) is 2.21. The zero-order chi connectivity index (χ0) is 13.9. The Balaban J connectivity index is 2.28. The molecule has 0 saturated heterocycles. The van der Waals surface area contributed by atoms with Gasteiger partial charge in [-0.2, -0.15) is 0 Å². The lowest BCUT2D eigenvalue weighted by molar-refractivity contribution is 0.341. The van der Waals surface area contributed by atoms with Crippen LogP contribution in [0.1, 0.15) is 6.92 Å². The first kappa shape index (κ1) is 12.9. The monoisotopic (exact) mass is 284 g/mol. The number of para-hydroxylation sites is 1. The van der Waals surface area contributed by atoms with Crippen LogP contribution in [0.5, 0.6) is 5.75 Å². The first-order chi connectivity index (χ1) is 9.81. The fraction of sp³-hybridized carbons (Fsp3) is 0.125. The van der Waals surface area contributed by atoms with Crippen molar-refractivity contribution in [2.75, 3.05) is 6.61 Å². The summed E-state index contributed by atoms with van der Waals surface area (Å²) < 4.78 is 5.67. The van der Waals surface area contributed by atoms with Crippen LogP contribution in [-0.2, 0) is 0 Å². The average Bonchev–Trinajstić information content (AvgIpc) is 2.49. The summed E-state index contributed by atoms with van der Waals surface area (Å²) in [5.74, 6) is 0.803. The Morgan fingerprint density at radius 2 is 1.65 bits per heavy atom. The van der Waals surface area contributed by atoms with E-state index < -0.39 is 0 Å². The normalized spacial score (nSPS) is 10.7. The molecule has 0 bridgehead atoms. The van der Waals surface area contributed by atoms with Gasteiger partial charge in [0.05, 0.1) is 6.61 Å². The van der Waals surface area contributed by atoms with Crippen molar-refractivity contribution in [3.05, 3.63) is 53.7 Å². The molecule has 0 aliphatic heterocycles. The summed E-state index contributed by atoms with van der Waals surface area (Å²) in [6, 6.07) is 15.7. The SMILES string of the molecule is CCOc1ccccc1-c1nnc(Cl)c2ccccc12. The molecule has 100 valence electrons. The van der Waals surface area contributed by atoms with Crippen molar-refractivity contribution in [2.45, 2.75) is 6.92 Å². The van der Waals surface area contributed by atoms with Crippen molar-refractivity contribution in [2.24, 2.45) is 0 Å². The minimum atomic E-state index is 0.415. The highest BCUT2D eigenvalue weighted by atomic mass is 35.5. The zero-order valence-corrected chi connectivity index (χ0v) is 11.8. The number of ether oxygens (including phenoxy) is 1. The summed E-state index contributed by atoms with van der Waals surface area (Å²) in [5.41, 5.74) is 1.71. The number of nitrogens with zero attached hydrogens (tertiary/aromatic N) is 2. The van der Waals surface area contributed by atoms with Crippen LogP contribution in [0.3, 0.4) is 0 Å². The Labute approximate surface area is 122 Å². The molecule has 3 aromatic rings. The van der Waals surface area contributed by atoms with Crippen LogP contribution in [0, 0.1) is 0 Å². The number of halogens is 1. The summed E-state index contributed by atoms with van der Waals surface area (Å²) in [5, 5.41) is 10.6. The molecule has 0 saturated carbocycles. The fourth-order valence-corrected chi connectivity index (χ4v) is 2.42. The average molecular weight is 285 g/mol. The van der Waals surface area contributed by atoms with Crippen LogP contribution in [-0.4, -0.2) is 16.8 Å². The quantitative estimate of drug-likeness (QED) is 0.717. The van der Waals surface area contributed by atoms with E-state index in [9.17, 15) is 0 Å². The Bertz CT molecular complexity index is 758. The van der Waals surface area contributed by atoms with Gasteiger partial charge in [-0.25, -0.2) is 0 Å². The zero-order valence-electron chi connectivity index (χ0n) is 11.0. The van der Waals surface area contributed by atoms with Gasteiger partial charge in [0.1, 0.15) is 11.4 Å². The van der Waals surface area contributed by atoms with E-state index in [1.807, 2.05) is 55.5 Å². The number of aromatic nitrogens is 2. The van der Waals surface area contributed by atoms with Gasteiger partial charge in [-0.05, 0) is 19.1 Å². The number of fused-ring (bicyclic) bond motifs is 1. The van der Waals surface area contributed by atoms with Crippen molar-refractivity contribution >= 4 is 22.4 Å². The molecule has 3 rings (SSSR count). The second kappa shape index (κ2) is 5.47. The van der Waals surface area contributed by atoms with E-state index in [0.29, 0.717) is 11.8 Å². The van der Waals surface area contributed by atoms with Gasteiger partial charge in [-0.15, -0.1) is 10.2 Å². The molecular weight excluding hydrogens is 272 g/mol. The molecular formula is C16H13ClN2O. The highest BCUT2D eigenvalue weighted by Crippen LogP contribution is 2.34. The maximum absolute atomic E-state index is 6.11. The van der Waals surface area contributed by atoms with E-state index in [0.717, 1.165) is 27.8 Å². The van der Waals surface area contributed by atoms with Gasteiger partial charge in [0.2, 0.25) is 0 Å². The van der Waals surface area contributed by atoms with E-state index in [-0.39, 0.29) is 0 Å². The van der Waals surface area contributed by atoms with Crippen LogP contribution in [0.25, 0.3) is 22.0 Å². The Hall–Kier alpha value is -2.13. The van der Waals surface area contributed by atoms with Crippen molar-refractivity contribution in [3.8, 4) is 17.0 Å². The van der Waals surface area contributed by atoms with Gasteiger partial charge in [0, 0.05) is 16.3 Å². The molecule has 0 fully saturated rings. The molecule has 20 heavy (non-hydrogen) atoms. The molecule has 1 heterocycles. The maximum Gasteiger partial charge on any atom is 0.159 e. The molecule has 0 unspecified atom stereocenters. The van der Waals surface area contributed by atoms with Gasteiger partial charge in [0.25, 0.3) is 0 Å². The van der Waals surface area contributed by atoms with E-state index in [1.54, 1.807) is 0 Å². The number of hydrogen-bond acceptors (Lipinski definition) is 3. The summed E-state index contributed by atoms with van der Waals surface area (Å²) in [7, 11) is 0. The van der Waals surface area contributed by atoms with Crippen LogP contribution in [0.4, 0.5) is 0 Å². The lowest BCUT2D eigenvalue weighted by Gasteiger charge is -2.11. The first-order valence-electron chi connectivity index (χ1n) is 6.44. The van der Waals surface area contributed by atoms with Crippen LogP contribution in [0.15, 0.2) is 48.5 Å². The molecule has 0 aliphatic carbocycles. The molecule has 3 nitrogen and oxygen atoms in total. The Morgan fingerprint density at radius 1 is 0.950 bits per heavy atom. The second-order valence-corrected chi connectivity index (χ2v) is 4.67. The lowest BCUT2D eigenvalue weighted by atomic mass is 10.0. The fourth-order valence-electron chi connectivity index (χ4n) is 2.21. The van der Waals surface area contributed by atoms with Crippen molar-refractivity contribution < 1.29 is 4.74 Å². The molecule has 0 spiro atoms. The van der Waals surface area contributed by atoms with E-state index in [4.69, 9.17) is 16.3 Å². The molecule has 2 aromatic carbocycles. The van der Waals surface area contributed by atoms with Crippen molar-refractivity contribution in [1.29, 1.82) is 0 Å². The van der Waals surface area contributed by atoms with Gasteiger partial charge in [-0.1, -0.05) is 48.0 Å². The standard InChI is InChI=1S/C16H13ClN2O/c1-2-20-14-10-6-5-9-13(14)15-11-7-3-4-8-12(11)16(17)19-18-15/h3-10H,2H2,1H3. The lowest BCUT2D eigenvalue weighted by Crippen LogP contribution is -1.97. The van der Waals surface area contributed by atoms with E-state index in [2.05, 4.69) is 10.2 Å². The van der Waals surface area contributed by atoms with Crippen molar-refractivity contribution in [1.82, 2.24) is 10.2 Å². The van der Waals surface area contributed by atoms with Crippen LogP contribution < -0.4 is 4.74 Å². The summed E-state index contributed by atoms with van der Waals surface area (Å²) in [6.45, 7) is 2.57. The highest BCUT2D eigenvalue weighted by Gasteiger charge is 2.13. The van der Waals surface area contributed by atoms with Crippen LogP contribution >= 0.6 is 11.6 Å². The number of benzene rings is 2. The summed E-state index contributed by atoms with van der Waals surface area (Å²) in [6.07, 6.45) is 0. The summed E-state index contributed by atoms with van der Waals surface area (Å²) >= 11 is 6.11. The van der Waals surface area contributed by atoms with Crippen molar-refractivity contribution in [3.63, 3.8) is 0 Å². The Morgan fingerprint density at radius 3 is 2.45 bits per heavy atom. The summed E-state index contributed by atoms with van der Waals surface area (Å²) in [4.78, 5) is 0. The number of rotatable bonds is 3. The minimum absolute atomic E-state index is 0.415. The van der Waals surface area contributed by atoms with E-state index >= 15 is 0 Å². The molecule has 0 aliphatic rings. The predicted octanol–water partition coefficient (Wildman–Crippen LogP) is 4.35. The van der Waals surface area contributed by atoms with Crippen LogP contribution in [0.2, 0.25) is 5.15 Å². The molecule has 1 aromatic heterocycles. The molecule has 0 atom stereocenters. The number of hydrogen-bond donors (Lipinski definition) is 0. The van der Waals surface area contributed by atoms with Gasteiger partial charge in [0.15, 0.2) is 5.15 Å². The smallest absolute Gasteiger partial charge is 0.159 e.